The van der Waals surface area contributed by atoms with Crippen LogP contribution in [0.1, 0.15) is 25.7 Å². The van der Waals surface area contributed by atoms with Crippen molar-refractivity contribution in [2.24, 2.45) is 5.92 Å². The van der Waals surface area contributed by atoms with E-state index in [0.29, 0.717) is 12.5 Å². The van der Waals surface area contributed by atoms with Crippen molar-refractivity contribution in [2.45, 2.75) is 43.8 Å². The second-order valence-corrected chi connectivity index (χ2v) is 6.52. The molecule has 4 unspecified atom stereocenters. The zero-order valence-electron chi connectivity index (χ0n) is 12.2. The number of carboxylic acids is 1. The highest BCUT2D eigenvalue weighted by Gasteiger charge is 2.52. The van der Waals surface area contributed by atoms with Crippen molar-refractivity contribution in [3.8, 4) is 0 Å². The highest BCUT2D eigenvalue weighted by Crippen LogP contribution is 2.42. The minimum atomic E-state index is -0.748. The number of amides is 2. The predicted octanol–water partition coefficient (Wildman–Crippen LogP) is 0.680. The Kier molecular flexibility index (Phi) is 3.36. The molecule has 20 heavy (non-hydrogen) atoms. The van der Waals surface area contributed by atoms with Gasteiger partial charge in [-0.2, -0.15) is 0 Å². The van der Waals surface area contributed by atoms with E-state index < -0.39 is 5.97 Å². The SMILES string of the molecule is CN(C)C1CCN(C(=O)N2C3CCC2C(C(=O)O)C3)C1. The average Bonchev–Trinajstić information content (AvgIpc) is 3.11. The molecule has 0 aromatic rings. The van der Waals surface area contributed by atoms with Crippen molar-refractivity contribution < 1.29 is 14.7 Å². The Hall–Kier alpha value is -1.30. The molecule has 3 aliphatic heterocycles. The first-order valence-corrected chi connectivity index (χ1v) is 7.45. The third kappa shape index (κ3) is 2.06. The Balaban J connectivity index is 1.68. The lowest BCUT2D eigenvalue weighted by atomic mass is 9.89. The van der Waals surface area contributed by atoms with Crippen LogP contribution in [-0.4, -0.2) is 77.1 Å². The van der Waals surface area contributed by atoms with E-state index in [9.17, 15) is 14.7 Å². The Bertz CT molecular complexity index is 426. The van der Waals surface area contributed by atoms with Gasteiger partial charge in [-0.25, -0.2) is 4.79 Å². The number of carbonyl (C=O) groups excluding carboxylic acids is 1. The lowest BCUT2D eigenvalue weighted by molar-refractivity contribution is -0.142. The van der Waals surface area contributed by atoms with Gasteiger partial charge in [0.25, 0.3) is 0 Å². The van der Waals surface area contributed by atoms with Crippen LogP contribution in [0.4, 0.5) is 4.79 Å². The van der Waals surface area contributed by atoms with Crippen LogP contribution in [0, 0.1) is 5.92 Å². The third-order valence-corrected chi connectivity index (χ3v) is 5.24. The molecule has 3 heterocycles. The number of aliphatic carboxylic acids is 1. The molecule has 0 spiro atoms. The van der Waals surface area contributed by atoms with E-state index >= 15 is 0 Å². The molecule has 0 saturated carbocycles. The maximum atomic E-state index is 12.7. The maximum Gasteiger partial charge on any atom is 0.320 e. The normalized spacial score (nSPS) is 36.1. The van der Waals surface area contributed by atoms with Crippen LogP contribution in [0.3, 0.4) is 0 Å². The molecule has 6 nitrogen and oxygen atoms in total. The highest BCUT2D eigenvalue weighted by molar-refractivity contribution is 5.79. The number of hydrogen-bond donors (Lipinski definition) is 1. The van der Waals surface area contributed by atoms with Gasteiger partial charge in [0.2, 0.25) is 0 Å². The van der Waals surface area contributed by atoms with Gasteiger partial charge in [-0.3, -0.25) is 4.79 Å². The topological polar surface area (TPSA) is 64.1 Å². The number of fused-ring (bicyclic) bond motifs is 2. The summed E-state index contributed by atoms with van der Waals surface area (Å²) in [6, 6.07) is 0.551. The molecule has 3 rings (SSSR count). The van der Waals surface area contributed by atoms with Crippen LogP contribution >= 0.6 is 0 Å². The molecule has 6 heteroatoms. The second-order valence-electron chi connectivity index (χ2n) is 6.52. The number of likely N-dealkylation sites (N-methyl/N-ethyl adjacent to an activating group) is 1. The number of urea groups is 1. The van der Waals surface area contributed by atoms with Crippen molar-refractivity contribution in [2.75, 3.05) is 27.2 Å². The van der Waals surface area contributed by atoms with E-state index in [1.165, 1.54) is 0 Å². The molecule has 0 aromatic carbocycles. The average molecular weight is 281 g/mol. The summed E-state index contributed by atoms with van der Waals surface area (Å²) in [7, 11) is 4.08. The van der Waals surface area contributed by atoms with E-state index in [-0.39, 0.29) is 24.0 Å². The van der Waals surface area contributed by atoms with Crippen molar-refractivity contribution >= 4 is 12.0 Å². The molecule has 4 atom stereocenters. The molecule has 2 amide bonds. The molecular weight excluding hydrogens is 258 g/mol. The zero-order valence-corrected chi connectivity index (χ0v) is 12.2. The Morgan fingerprint density at radius 1 is 1.20 bits per heavy atom. The lowest BCUT2D eigenvalue weighted by Crippen LogP contribution is -2.46. The second kappa shape index (κ2) is 4.91. The van der Waals surface area contributed by atoms with E-state index in [2.05, 4.69) is 4.90 Å². The summed E-state index contributed by atoms with van der Waals surface area (Å²) in [6.07, 6.45) is 3.45. The summed E-state index contributed by atoms with van der Waals surface area (Å²) >= 11 is 0. The Morgan fingerprint density at radius 2 is 1.95 bits per heavy atom. The first-order valence-electron chi connectivity index (χ1n) is 7.45. The molecule has 3 aliphatic rings. The van der Waals surface area contributed by atoms with Crippen LogP contribution in [-0.2, 0) is 4.79 Å². The minimum Gasteiger partial charge on any atom is -0.481 e. The molecule has 1 N–H and O–H groups in total. The van der Waals surface area contributed by atoms with Gasteiger partial charge >= 0.3 is 12.0 Å². The fraction of sp³-hybridized carbons (Fsp3) is 0.857. The third-order valence-electron chi connectivity index (χ3n) is 5.24. The van der Waals surface area contributed by atoms with Crippen LogP contribution in [0.2, 0.25) is 0 Å². The standard InChI is InChI=1S/C14H23N3O3/c1-15(2)10-5-6-16(8-10)14(20)17-9-3-4-12(17)11(7-9)13(18)19/h9-12H,3-8H2,1-2H3,(H,18,19). The predicted molar refractivity (Wildman–Crippen MR) is 73.5 cm³/mol. The largest absolute Gasteiger partial charge is 0.481 e. The Labute approximate surface area is 119 Å². The first-order chi connectivity index (χ1) is 9.49. The first kappa shape index (κ1) is 13.7. The summed E-state index contributed by atoms with van der Waals surface area (Å²) in [4.78, 5) is 29.9. The molecule has 2 bridgehead atoms. The maximum absolute atomic E-state index is 12.7. The van der Waals surface area contributed by atoms with Crippen molar-refractivity contribution in [3.63, 3.8) is 0 Å². The Morgan fingerprint density at radius 3 is 2.50 bits per heavy atom. The molecule has 3 saturated heterocycles. The van der Waals surface area contributed by atoms with Crippen molar-refractivity contribution in [1.29, 1.82) is 0 Å². The molecule has 0 aliphatic carbocycles. The number of hydrogen-bond acceptors (Lipinski definition) is 3. The van der Waals surface area contributed by atoms with Crippen LogP contribution in [0.5, 0.6) is 0 Å². The molecular formula is C14H23N3O3. The van der Waals surface area contributed by atoms with E-state index in [0.717, 1.165) is 32.4 Å². The molecule has 0 radical (unpaired) electrons. The van der Waals surface area contributed by atoms with E-state index in [4.69, 9.17) is 0 Å². The fourth-order valence-corrected chi connectivity index (χ4v) is 4.05. The van der Waals surface area contributed by atoms with Gasteiger partial charge in [-0.05, 0) is 39.8 Å². The monoisotopic (exact) mass is 281 g/mol. The van der Waals surface area contributed by atoms with Gasteiger partial charge < -0.3 is 19.8 Å². The summed E-state index contributed by atoms with van der Waals surface area (Å²) < 4.78 is 0. The van der Waals surface area contributed by atoms with Gasteiger partial charge in [0.1, 0.15) is 0 Å². The molecule has 3 fully saturated rings. The zero-order chi connectivity index (χ0) is 14.4. The molecule has 112 valence electrons. The van der Waals surface area contributed by atoms with Gasteiger partial charge in [-0.1, -0.05) is 0 Å². The summed E-state index contributed by atoms with van der Waals surface area (Å²) in [5, 5.41) is 9.26. The number of rotatable bonds is 2. The van der Waals surface area contributed by atoms with Gasteiger partial charge in [0.15, 0.2) is 0 Å². The number of carboxylic acid groups (broad SMARTS) is 1. The number of likely N-dealkylation sites (tertiary alicyclic amines) is 1. The smallest absolute Gasteiger partial charge is 0.320 e. The van der Waals surface area contributed by atoms with Gasteiger partial charge in [-0.15, -0.1) is 0 Å². The van der Waals surface area contributed by atoms with E-state index in [1.807, 2.05) is 23.9 Å². The quantitative estimate of drug-likeness (QED) is 0.808. The number of carbonyl (C=O) groups is 2. The van der Waals surface area contributed by atoms with Gasteiger partial charge in [0, 0.05) is 31.2 Å². The summed E-state index contributed by atoms with van der Waals surface area (Å²) in [6.45, 7) is 1.55. The summed E-state index contributed by atoms with van der Waals surface area (Å²) in [5.74, 6) is -1.10. The highest BCUT2D eigenvalue weighted by atomic mass is 16.4. The minimum absolute atomic E-state index is 0.0607. The van der Waals surface area contributed by atoms with Crippen LogP contribution in [0.15, 0.2) is 0 Å². The lowest BCUT2D eigenvalue weighted by Gasteiger charge is -2.29. The summed E-state index contributed by atoms with van der Waals surface area (Å²) in [5.41, 5.74) is 0. The number of nitrogens with zero attached hydrogens (tertiary/aromatic N) is 3. The fourth-order valence-electron chi connectivity index (χ4n) is 4.05. The molecule has 0 aromatic heterocycles. The van der Waals surface area contributed by atoms with Crippen molar-refractivity contribution in [1.82, 2.24) is 14.7 Å². The van der Waals surface area contributed by atoms with E-state index in [1.54, 1.807) is 0 Å². The van der Waals surface area contributed by atoms with Gasteiger partial charge in [0.05, 0.1) is 5.92 Å². The van der Waals surface area contributed by atoms with Crippen LogP contribution < -0.4 is 0 Å². The van der Waals surface area contributed by atoms with Crippen LogP contribution in [0.25, 0.3) is 0 Å². The van der Waals surface area contributed by atoms with Crippen molar-refractivity contribution in [3.05, 3.63) is 0 Å².